The van der Waals surface area contributed by atoms with Crippen LogP contribution in [-0.2, 0) is 6.18 Å². The predicted molar refractivity (Wildman–Crippen MR) is 90.4 cm³/mol. The number of halogens is 6. The Labute approximate surface area is 151 Å². The maximum atomic E-state index is 14.4. The zero-order chi connectivity index (χ0) is 15.7. The zero-order valence-corrected chi connectivity index (χ0v) is 14.7. The average Bonchev–Trinajstić information content (AvgIpc) is 2.43. The van der Waals surface area contributed by atoms with Gasteiger partial charge in [-0.25, -0.2) is 4.39 Å². The first-order valence-electron chi connectivity index (χ1n) is 7.79. The highest BCUT2D eigenvalue weighted by molar-refractivity contribution is 5.85. The first kappa shape index (κ1) is 21.5. The molecule has 138 valence electrons. The summed E-state index contributed by atoms with van der Waals surface area (Å²) in [6.45, 7) is 2.79. The van der Waals surface area contributed by atoms with Crippen LogP contribution in [0.1, 0.15) is 36.4 Å². The lowest BCUT2D eigenvalue weighted by Crippen LogP contribution is -2.48. The van der Waals surface area contributed by atoms with Gasteiger partial charge in [0.05, 0.1) is 5.56 Å². The van der Waals surface area contributed by atoms with E-state index in [1.807, 2.05) is 4.90 Å². The number of nitrogens with zero attached hydrogens (tertiary/aromatic N) is 1. The highest BCUT2D eigenvalue weighted by Crippen LogP contribution is 2.46. The minimum atomic E-state index is -4.52. The van der Waals surface area contributed by atoms with Gasteiger partial charge in [0.25, 0.3) is 0 Å². The molecule has 0 spiro atoms. The molecule has 2 nitrogen and oxygen atoms in total. The quantitative estimate of drug-likeness (QED) is 0.770. The van der Waals surface area contributed by atoms with Gasteiger partial charge in [-0.2, -0.15) is 13.2 Å². The van der Waals surface area contributed by atoms with Crippen molar-refractivity contribution in [3.05, 3.63) is 35.1 Å². The number of nitrogens with one attached hydrogen (secondary N) is 1. The van der Waals surface area contributed by atoms with Gasteiger partial charge in [0.15, 0.2) is 0 Å². The lowest BCUT2D eigenvalue weighted by molar-refractivity contribution is -0.139. The third kappa shape index (κ3) is 4.34. The molecule has 0 amide bonds. The van der Waals surface area contributed by atoms with E-state index in [-0.39, 0.29) is 36.3 Å². The molecule has 1 N–H and O–H groups in total. The van der Waals surface area contributed by atoms with Crippen LogP contribution in [-0.4, -0.2) is 31.1 Å². The summed E-state index contributed by atoms with van der Waals surface area (Å²) in [4.78, 5) is 2.02. The Morgan fingerprint density at radius 3 is 2.21 bits per heavy atom. The molecule has 1 aliphatic carbocycles. The van der Waals surface area contributed by atoms with Crippen LogP contribution in [0, 0.1) is 11.7 Å². The average molecular weight is 389 g/mol. The molecular weight excluding hydrogens is 367 g/mol. The Hall–Kier alpha value is -0.560. The molecule has 0 aromatic heterocycles. The lowest BCUT2D eigenvalue weighted by Gasteiger charge is -2.44. The second kappa shape index (κ2) is 8.70. The maximum Gasteiger partial charge on any atom is 0.416 e. The van der Waals surface area contributed by atoms with Crippen LogP contribution in [0.4, 0.5) is 17.6 Å². The number of alkyl halides is 3. The monoisotopic (exact) mass is 388 g/mol. The van der Waals surface area contributed by atoms with Gasteiger partial charge >= 0.3 is 6.18 Å². The molecule has 1 saturated carbocycles. The Morgan fingerprint density at radius 1 is 1.08 bits per heavy atom. The topological polar surface area (TPSA) is 15.3 Å². The number of benzene rings is 1. The van der Waals surface area contributed by atoms with E-state index in [4.69, 9.17) is 0 Å². The van der Waals surface area contributed by atoms with E-state index in [0.717, 1.165) is 50.6 Å². The van der Waals surface area contributed by atoms with E-state index in [2.05, 4.69) is 5.32 Å². The Morgan fingerprint density at radius 2 is 1.71 bits per heavy atom. The van der Waals surface area contributed by atoms with Gasteiger partial charge < -0.3 is 5.32 Å². The van der Waals surface area contributed by atoms with E-state index < -0.39 is 23.6 Å². The van der Waals surface area contributed by atoms with Crippen molar-refractivity contribution >= 4 is 24.8 Å². The second-order valence-electron chi connectivity index (χ2n) is 6.12. The Kier molecular flexibility index (Phi) is 7.78. The van der Waals surface area contributed by atoms with E-state index in [9.17, 15) is 17.6 Å². The lowest BCUT2D eigenvalue weighted by atomic mass is 9.75. The van der Waals surface area contributed by atoms with Crippen LogP contribution in [0.25, 0.3) is 0 Å². The predicted octanol–water partition coefficient (Wildman–Crippen LogP) is 4.43. The van der Waals surface area contributed by atoms with Gasteiger partial charge in [0.2, 0.25) is 0 Å². The second-order valence-corrected chi connectivity index (χ2v) is 6.12. The summed E-state index contributed by atoms with van der Waals surface area (Å²) in [7, 11) is 0. The maximum absolute atomic E-state index is 14.4. The van der Waals surface area contributed by atoms with Crippen LogP contribution in [0.15, 0.2) is 18.2 Å². The molecule has 0 unspecified atom stereocenters. The van der Waals surface area contributed by atoms with Crippen molar-refractivity contribution in [3.8, 4) is 0 Å². The number of hydrogen-bond donors (Lipinski definition) is 1. The van der Waals surface area contributed by atoms with Gasteiger partial charge in [-0.3, -0.25) is 4.90 Å². The molecule has 1 saturated heterocycles. The first-order chi connectivity index (χ1) is 10.5. The van der Waals surface area contributed by atoms with Crippen molar-refractivity contribution in [1.82, 2.24) is 10.2 Å². The van der Waals surface area contributed by atoms with Gasteiger partial charge in [0, 0.05) is 37.8 Å². The van der Waals surface area contributed by atoms with Crippen molar-refractivity contribution in [2.24, 2.45) is 5.92 Å². The Bertz CT molecular complexity index is 529. The number of hydrogen-bond acceptors (Lipinski definition) is 2. The first-order valence-corrected chi connectivity index (χ1v) is 7.79. The molecule has 2 aliphatic rings. The largest absolute Gasteiger partial charge is 0.416 e. The van der Waals surface area contributed by atoms with Crippen molar-refractivity contribution in [3.63, 3.8) is 0 Å². The van der Waals surface area contributed by atoms with Crippen LogP contribution >= 0.6 is 24.8 Å². The SMILES string of the molecule is Cl.Cl.Fc1cccc(C(F)(F)F)c1[C@@H](C1CCC1)N1CCNCC1. The summed E-state index contributed by atoms with van der Waals surface area (Å²) >= 11 is 0. The van der Waals surface area contributed by atoms with Crippen molar-refractivity contribution in [1.29, 1.82) is 0 Å². The van der Waals surface area contributed by atoms with Crippen molar-refractivity contribution < 1.29 is 17.6 Å². The summed E-state index contributed by atoms with van der Waals surface area (Å²) in [6.07, 6.45) is -1.75. The summed E-state index contributed by atoms with van der Waals surface area (Å²) in [5.74, 6) is -0.610. The van der Waals surface area contributed by atoms with Gasteiger partial charge in [-0.1, -0.05) is 12.5 Å². The van der Waals surface area contributed by atoms with E-state index in [1.54, 1.807) is 0 Å². The van der Waals surface area contributed by atoms with E-state index in [1.165, 1.54) is 0 Å². The van der Waals surface area contributed by atoms with Crippen molar-refractivity contribution in [2.75, 3.05) is 26.2 Å². The molecule has 8 heteroatoms. The molecule has 0 bridgehead atoms. The van der Waals surface area contributed by atoms with Crippen LogP contribution in [0.3, 0.4) is 0 Å². The zero-order valence-electron chi connectivity index (χ0n) is 13.1. The number of rotatable bonds is 3. The van der Waals surface area contributed by atoms with Crippen LogP contribution in [0.5, 0.6) is 0 Å². The van der Waals surface area contributed by atoms with Gasteiger partial charge in [-0.15, -0.1) is 24.8 Å². The molecule has 1 aromatic rings. The molecule has 1 atom stereocenters. The van der Waals surface area contributed by atoms with Crippen molar-refractivity contribution in [2.45, 2.75) is 31.5 Å². The molecule has 1 aliphatic heterocycles. The number of piperazine rings is 1. The fourth-order valence-electron chi connectivity index (χ4n) is 3.52. The van der Waals surface area contributed by atoms with Crippen LogP contribution in [0.2, 0.25) is 0 Å². The highest BCUT2D eigenvalue weighted by atomic mass is 35.5. The fourth-order valence-corrected chi connectivity index (χ4v) is 3.52. The molecule has 0 radical (unpaired) electrons. The molecule has 3 rings (SSSR count). The highest BCUT2D eigenvalue weighted by Gasteiger charge is 2.42. The third-order valence-corrected chi connectivity index (χ3v) is 4.80. The fraction of sp³-hybridized carbons (Fsp3) is 0.625. The smallest absolute Gasteiger partial charge is 0.314 e. The normalized spacial score (nSPS) is 20.5. The molecule has 1 heterocycles. The molecule has 24 heavy (non-hydrogen) atoms. The van der Waals surface area contributed by atoms with Gasteiger partial charge in [0.1, 0.15) is 5.82 Å². The minimum absolute atomic E-state index is 0. The summed E-state index contributed by atoms with van der Waals surface area (Å²) in [5, 5.41) is 3.20. The van der Waals surface area contributed by atoms with E-state index >= 15 is 0 Å². The molecule has 1 aromatic carbocycles. The molecule has 2 fully saturated rings. The Balaban J connectivity index is 0.00000144. The molecular formula is C16H22Cl2F4N2. The van der Waals surface area contributed by atoms with E-state index in [0.29, 0.717) is 13.1 Å². The van der Waals surface area contributed by atoms with Crippen LogP contribution < -0.4 is 5.32 Å². The summed E-state index contributed by atoms with van der Waals surface area (Å²) in [6, 6.07) is 2.84. The minimum Gasteiger partial charge on any atom is -0.314 e. The summed E-state index contributed by atoms with van der Waals surface area (Å²) in [5.41, 5.74) is -0.968. The van der Waals surface area contributed by atoms with Gasteiger partial charge in [-0.05, 0) is 30.9 Å². The standard InChI is InChI=1S/C16H20F4N2.2ClH/c17-13-6-2-5-12(16(18,19)20)14(13)15(11-3-1-4-11)22-9-7-21-8-10-22;;/h2,5-6,11,15,21H,1,3-4,7-10H2;2*1H/t15-;;/m1../s1. The summed E-state index contributed by atoms with van der Waals surface area (Å²) < 4.78 is 54.4. The third-order valence-electron chi connectivity index (χ3n) is 4.80.